The van der Waals surface area contributed by atoms with Crippen molar-refractivity contribution in [1.29, 1.82) is 0 Å². The Hall–Kier alpha value is -1.64. The predicted molar refractivity (Wildman–Crippen MR) is 85.6 cm³/mol. The SMILES string of the molecule is Cc1ccc(CNCc2ccccc2CN(C)C)cc1. The van der Waals surface area contributed by atoms with Gasteiger partial charge in [-0.3, -0.25) is 0 Å². The van der Waals surface area contributed by atoms with Gasteiger partial charge in [-0.1, -0.05) is 54.1 Å². The van der Waals surface area contributed by atoms with Gasteiger partial charge in [0, 0.05) is 19.6 Å². The fourth-order valence-electron chi connectivity index (χ4n) is 2.27. The number of hydrogen-bond donors (Lipinski definition) is 1. The first kappa shape index (κ1) is 14.8. The second-order valence-electron chi connectivity index (χ2n) is 5.60. The van der Waals surface area contributed by atoms with E-state index in [1.807, 2.05) is 0 Å². The summed E-state index contributed by atoms with van der Waals surface area (Å²) in [6.07, 6.45) is 0. The van der Waals surface area contributed by atoms with Crippen LogP contribution >= 0.6 is 0 Å². The van der Waals surface area contributed by atoms with Crippen molar-refractivity contribution in [3.8, 4) is 0 Å². The lowest BCUT2D eigenvalue weighted by atomic mass is 10.1. The minimum atomic E-state index is 0.913. The molecule has 106 valence electrons. The third kappa shape index (κ3) is 4.48. The van der Waals surface area contributed by atoms with Gasteiger partial charge < -0.3 is 10.2 Å². The molecule has 20 heavy (non-hydrogen) atoms. The lowest BCUT2D eigenvalue weighted by Crippen LogP contribution is -2.17. The van der Waals surface area contributed by atoms with Crippen LogP contribution in [-0.4, -0.2) is 19.0 Å². The fourth-order valence-corrected chi connectivity index (χ4v) is 2.27. The van der Waals surface area contributed by atoms with Crippen molar-refractivity contribution in [3.63, 3.8) is 0 Å². The van der Waals surface area contributed by atoms with Crippen LogP contribution in [0.4, 0.5) is 0 Å². The smallest absolute Gasteiger partial charge is 0.0230 e. The molecule has 0 bridgehead atoms. The maximum atomic E-state index is 3.53. The summed E-state index contributed by atoms with van der Waals surface area (Å²) in [6.45, 7) is 4.94. The van der Waals surface area contributed by atoms with E-state index >= 15 is 0 Å². The van der Waals surface area contributed by atoms with E-state index in [-0.39, 0.29) is 0 Å². The minimum Gasteiger partial charge on any atom is -0.309 e. The average molecular weight is 268 g/mol. The molecule has 2 heteroatoms. The van der Waals surface area contributed by atoms with Crippen LogP contribution < -0.4 is 5.32 Å². The summed E-state index contributed by atoms with van der Waals surface area (Å²) < 4.78 is 0. The second kappa shape index (κ2) is 7.22. The molecule has 0 aliphatic heterocycles. The van der Waals surface area contributed by atoms with Crippen molar-refractivity contribution in [2.75, 3.05) is 14.1 Å². The second-order valence-corrected chi connectivity index (χ2v) is 5.60. The Balaban J connectivity index is 1.92. The van der Waals surface area contributed by atoms with Crippen molar-refractivity contribution < 1.29 is 0 Å². The molecular weight excluding hydrogens is 244 g/mol. The summed E-state index contributed by atoms with van der Waals surface area (Å²) in [5.41, 5.74) is 5.42. The van der Waals surface area contributed by atoms with E-state index in [1.165, 1.54) is 22.3 Å². The quantitative estimate of drug-likeness (QED) is 0.864. The third-order valence-electron chi connectivity index (χ3n) is 3.37. The van der Waals surface area contributed by atoms with Gasteiger partial charge in [0.1, 0.15) is 0 Å². The van der Waals surface area contributed by atoms with E-state index in [1.54, 1.807) is 0 Å². The van der Waals surface area contributed by atoms with Gasteiger partial charge in [0.2, 0.25) is 0 Å². The molecule has 2 rings (SSSR count). The van der Waals surface area contributed by atoms with Crippen LogP contribution in [0.25, 0.3) is 0 Å². The molecule has 0 amide bonds. The highest BCUT2D eigenvalue weighted by molar-refractivity contribution is 5.27. The maximum Gasteiger partial charge on any atom is 0.0230 e. The molecule has 0 atom stereocenters. The Labute approximate surface area is 122 Å². The number of benzene rings is 2. The topological polar surface area (TPSA) is 15.3 Å². The number of rotatable bonds is 6. The lowest BCUT2D eigenvalue weighted by Gasteiger charge is -2.14. The van der Waals surface area contributed by atoms with E-state index in [9.17, 15) is 0 Å². The Morgan fingerprint density at radius 3 is 2.15 bits per heavy atom. The molecule has 0 radical (unpaired) electrons. The maximum absolute atomic E-state index is 3.53. The van der Waals surface area contributed by atoms with Crippen molar-refractivity contribution in [2.24, 2.45) is 0 Å². The molecule has 2 aromatic carbocycles. The van der Waals surface area contributed by atoms with Crippen LogP contribution in [0.2, 0.25) is 0 Å². The van der Waals surface area contributed by atoms with Crippen molar-refractivity contribution in [3.05, 3.63) is 70.8 Å². The number of aryl methyl sites for hydroxylation is 1. The highest BCUT2D eigenvalue weighted by Crippen LogP contribution is 2.11. The minimum absolute atomic E-state index is 0.913. The van der Waals surface area contributed by atoms with Crippen LogP contribution in [0.15, 0.2) is 48.5 Å². The molecule has 0 aliphatic rings. The average Bonchev–Trinajstić information content (AvgIpc) is 2.42. The summed E-state index contributed by atoms with van der Waals surface area (Å²) in [5.74, 6) is 0. The number of hydrogen-bond acceptors (Lipinski definition) is 2. The van der Waals surface area contributed by atoms with Crippen molar-refractivity contribution >= 4 is 0 Å². The molecule has 0 aromatic heterocycles. The Kier molecular flexibility index (Phi) is 5.33. The van der Waals surface area contributed by atoms with Crippen LogP contribution in [0.1, 0.15) is 22.3 Å². The monoisotopic (exact) mass is 268 g/mol. The van der Waals surface area contributed by atoms with Crippen LogP contribution in [0.3, 0.4) is 0 Å². The standard InChI is InChI=1S/C18H24N2/c1-15-8-10-16(11-9-15)12-19-13-17-6-4-5-7-18(17)14-20(2)3/h4-11,19H,12-14H2,1-3H3. The molecular formula is C18H24N2. The highest BCUT2D eigenvalue weighted by Gasteiger charge is 2.02. The molecule has 0 saturated carbocycles. The van der Waals surface area contributed by atoms with Gasteiger partial charge in [0.15, 0.2) is 0 Å². The van der Waals surface area contributed by atoms with Gasteiger partial charge in [0.25, 0.3) is 0 Å². The largest absolute Gasteiger partial charge is 0.309 e. The van der Waals surface area contributed by atoms with E-state index in [2.05, 4.69) is 79.8 Å². The summed E-state index contributed by atoms with van der Waals surface area (Å²) in [5, 5.41) is 3.53. The van der Waals surface area contributed by atoms with Crippen LogP contribution in [0, 0.1) is 6.92 Å². The zero-order valence-corrected chi connectivity index (χ0v) is 12.7. The zero-order valence-electron chi connectivity index (χ0n) is 12.7. The van der Waals surface area contributed by atoms with Crippen molar-refractivity contribution in [1.82, 2.24) is 10.2 Å². The third-order valence-corrected chi connectivity index (χ3v) is 3.37. The van der Waals surface area contributed by atoms with Crippen molar-refractivity contribution in [2.45, 2.75) is 26.6 Å². The molecule has 0 unspecified atom stereocenters. The molecule has 1 N–H and O–H groups in total. The Morgan fingerprint density at radius 1 is 0.850 bits per heavy atom. The van der Waals surface area contributed by atoms with E-state index in [0.717, 1.165) is 19.6 Å². The predicted octanol–water partition coefficient (Wildman–Crippen LogP) is 3.35. The highest BCUT2D eigenvalue weighted by atomic mass is 15.0. The summed E-state index contributed by atoms with van der Waals surface area (Å²) in [4.78, 5) is 2.21. The lowest BCUT2D eigenvalue weighted by molar-refractivity contribution is 0.400. The molecule has 0 saturated heterocycles. The molecule has 2 nitrogen and oxygen atoms in total. The summed E-state index contributed by atoms with van der Waals surface area (Å²) >= 11 is 0. The number of nitrogens with one attached hydrogen (secondary N) is 1. The van der Waals surface area contributed by atoms with E-state index in [0.29, 0.717) is 0 Å². The fraction of sp³-hybridized carbons (Fsp3) is 0.333. The first-order valence-corrected chi connectivity index (χ1v) is 7.13. The normalized spacial score (nSPS) is 11.0. The van der Waals surface area contributed by atoms with E-state index in [4.69, 9.17) is 0 Å². The first-order valence-electron chi connectivity index (χ1n) is 7.13. The Bertz CT molecular complexity index is 529. The van der Waals surface area contributed by atoms with Gasteiger partial charge >= 0.3 is 0 Å². The zero-order chi connectivity index (χ0) is 14.4. The molecule has 2 aromatic rings. The van der Waals surface area contributed by atoms with Gasteiger partial charge in [-0.2, -0.15) is 0 Å². The molecule has 0 heterocycles. The van der Waals surface area contributed by atoms with Crippen LogP contribution in [-0.2, 0) is 19.6 Å². The molecule has 0 aliphatic carbocycles. The van der Waals surface area contributed by atoms with E-state index < -0.39 is 0 Å². The van der Waals surface area contributed by atoms with Gasteiger partial charge in [-0.05, 0) is 37.7 Å². The number of nitrogens with zero attached hydrogens (tertiary/aromatic N) is 1. The van der Waals surface area contributed by atoms with Gasteiger partial charge in [-0.25, -0.2) is 0 Å². The van der Waals surface area contributed by atoms with Gasteiger partial charge in [-0.15, -0.1) is 0 Å². The first-order chi connectivity index (χ1) is 9.65. The van der Waals surface area contributed by atoms with Gasteiger partial charge in [0.05, 0.1) is 0 Å². The summed E-state index contributed by atoms with van der Waals surface area (Å²) in [6, 6.07) is 17.4. The Morgan fingerprint density at radius 2 is 1.50 bits per heavy atom. The molecule has 0 spiro atoms. The summed E-state index contributed by atoms with van der Waals surface area (Å²) in [7, 11) is 4.22. The molecule has 0 fully saturated rings. The van der Waals surface area contributed by atoms with Crippen LogP contribution in [0.5, 0.6) is 0 Å².